The monoisotopic (exact) mass is 261 g/mol. The molecule has 0 bridgehead atoms. The van der Waals surface area contributed by atoms with Gasteiger partial charge >= 0.3 is 0 Å². The number of anilines is 1. The standard InChI is InChI=1S/C16H27N3/c1-13-5-7-15(8-6-13)19-10-9-14(2)18(4)12-16(19)11-17-3/h5-8,14,16-17H,9-12H2,1-4H3. The van der Waals surface area contributed by atoms with Gasteiger partial charge in [-0.15, -0.1) is 0 Å². The lowest BCUT2D eigenvalue weighted by Crippen LogP contribution is -2.46. The molecule has 3 nitrogen and oxygen atoms in total. The number of nitrogens with one attached hydrogen (secondary N) is 1. The topological polar surface area (TPSA) is 18.5 Å². The summed E-state index contributed by atoms with van der Waals surface area (Å²) in [6.45, 7) is 7.77. The van der Waals surface area contributed by atoms with Crippen molar-refractivity contribution in [1.82, 2.24) is 10.2 Å². The molecule has 0 spiro atoms. The van der Waals surface area contributed by atoms with Crippen molar-refractivity contribution in [2.45, 2.75) is 32.4 Å². The zero-order valence-corrected chi connectivity index (χ0v) is 12.7. The summed E-state index contributed by atoms with van der Waals surface area (Å²) in [6, 6.07) is 10.1. The van der Waals surface area contributed by atoms with Gasteiger partial charge in [0.05, 0.1) is 6.04 Å². The van der Waals surface area contributed by atoms with E-state index in [1.807, 2.05) is 7.05 Å². The van der Waals surface area contributed by atoms with Gasteiger partial charge in [0, 0.05) is 31.4 Å². The van der Waals surface area contributed by atoms with Gasteiger partial charge in [-0.2, -0.15) is 0 Å². The summed E-state index contributed by atoms with van der Waals surface area (Å²) < 4.78 is 0. The molecule has 1 fully saturated rings. The van der Waals surface area contributed by atoms with Crippen LogP contribution in [0.1, 0.15) is 18.9 Å². The Morgan fingerprint density at radius 2 is 1.95 bits per heavy atom. The second kappa shape index (κ2) is 6.40. The van der Waals surface area contributed by atoms with E-state index in [1.165, 1.54) is 17.7 Å². The highest BCUT2D eigenvalue weighted by Crippen LogP contribution is 2.22. The van der Waals surface area contributed by atoms with Crippen LogP contribution in [0.2, 0.25) is 0 Å². The quantitative estimate of drug-likeness (QED) is 0.899. The van der Waals surface area contributed by atoms with Crippen LogP contribution in [0.5, 0.6) is 0 Å². The molecule has 1 heterocycles. The van der Waals surface area contributed by atoms with E-state index < -0.39 is 0 Å². The van der Waals surface area contributed by atoms with Gasteiger partial charge in [-0.3, -0.25) is 0 Å². The van der Waals surface area contributed by atoms with Gasteiger partial charge < -0.3 is 15.1 Å². The van der Waals surface area contributed by atoms with Crippen molar-refractivity contribution in [2.24, 2.45) is 0 Å². The average Bonchev–Trinajstić information content (AvgIpc) is 2.52. The summed E-state index contributed by atoms with van der Waals surface area (Å²) >= 11 is 0. The summed E-state index contributed by atoms with van der Waals surface area (Å²) in [5, 5.41) is 3.34. The van der Waals surface area contributed by atoms with Gasteiger partial charge in [0.2, 0.25) is 0 Å². The van der Waals surface area contributed by atoms with E-state index in [-0.39, 0.29) is 0 Å². The maximum absolute atomic E-state index is 3.34. The Morgan fingerprint density at radius 1 is 1.26 bits per heavy atom. The molecular formula is C16H27N3. The van der Waals surface area contributed by atoms with Crippen molar-refractivity contribution >= 4 is 5.69 Å². The molecule has 1 aromatic rings. The molecule has 0 radical (unpaired) electrons. The molecule has 106 valence electrons. The maximum Gasteiger partial charge on any atom is 0.0541 e. The third-order valence-corrected chi connectivity index (χ3v) is 4.29. The fourth-order valence-corrected chi connectivity index (χ4v) is 2.83. The third-order valence-electron chi connectivity index (χ3n) is 4.29. The number of likely N-dealkylation sites (N-methyl/N-ethyl adjacent to an activating group) is 2. The Morgan fingerprint density at radius 3 is 2.58 bits per heavy atom. The van der Waals surface area contributed by atoms with Crippen LogP contribution in [-0.2, 0) is 0 Å². The van der Waals surface area contributed by atoms with Crippen LogP contribution in [0.4, 0.5) is 5.69 Å². The van der Waals surface area contributed by atoms with E-state index in [2.05, 4.69) is 60.3 Å². The van der Waals surface area contributed by atoms with Crippen LogP contribution >= 0.6 is 0 Å². The first-order chi connectivity index (χ1) is 9.11. The molecule has 1 N–H and O–H groups in total. The molecule has 1 aliphatic rings. The van der Waals surface area contributed by atoms with E-state index in [9.17, 15) is 0 Å². The third kappa shape index (κ3) is 3.48. The van der Waals surface area contributed by atoms with Gasteiger partial charge in [0.1, 0.15) is 0 Å². The molecule has 1 saturated heterocycles. The Kier molecular flexibility index (Phi) is 4.83. The smallest absolute Gasteiger partial charge is 0.0541 e. The van der Waals surface area contributed by atoms with Gasteiger partial charge in [0.25, 0.3) is 0 Å². The van der Waals surface area contributed by atoms with E-state index in [0.717, 1.165) is 19.6 Å². The fraction of sp³-hybridized carbons (Fsp3) is 0.625. The van der Waals surface area contributed by atoms with Crippen molar-refractivity contribution in [1.29, 1.82) is 0 Å². The van der Waals surface area contributed by atoms with E-state index in [4.69, 9.17) is 0 Å². The normalized spacial score (nSPS) is 25.4. The minimum absolute atomic E-state index is 0.544. The largest absolute Gasteiger partial charge is 0.366 e. The molecule has 1 aliphatic heterocycles. The zero-order valence-electron chi connectivity index (χ0n) is 12.7. The van der Waals surface area contributed by atoms with Gasteiger partial charge in [-0.25, -0.2) is 0 Å². The van der Waals surface area contributed by atoms with E-state index in [1.54, 1.807) is 0 Å². The van der Waals surface area contributed by atoms with Gasteiger partial charge in [0.15, 0.2) is 0 Å². The molecule has 0 aromatic heterocycles. The van der Waals surface area contributed by atoms with Crippen molar-refractivity contribution in [2.75, 3.05) is 38.6 Å². The molecular weight excluding hydrogens is 234 g/mol. The Balaban J connectivity index is 2.21. The second-order valence-electron chi connectivity index (χ2n) is 5.82. The summed E-state index contributed by atoms with van der Waals surface area (Å²) in [5.41, 5.74) is 2.68. The van der Waals surface area contributed by atoms with Crippen LogP contribution in [0.3, 0.4) is 0 Å². The predicted octanol–water partition coefficient (Wildman–Crippen LogP) is 2.11. The Hall–Kier alpha value is -1.06. The minimum atomic E-state index is 0.544. The van der Waals surface area contributed by atoms with Crippen LogP contribution in [0, 0.1) is 6.92 Å². The first-order valence-corrected chi connectivity index (χ1v) is 7.30. The van der Waals surface area contributed by atoms with Crippen molar-refractivity contribution in [3.63, 3.8) is 0 Å². The number of hydrogen-bond donors (Lipinski definition) is 1. The van der Waals surface area contributed by atoms with E-state index >= 15 is 0 Å². The highest BCUT2D eigenvalue weighted by atomic mass is 15.3. The SMILES string of the molecule is CNCC1CN(C)C(C)CCN1c1ccc(C)cc1. The second-order valence-corrected chi connectivity index (χ2v) is 5.82. The lowest BCUT2D eigenvalue weighted by atomic mass is 10.1. The first kappa shape index (κ1) is 14.4. The van der Waals surface area contributed by atoms with Gasteiger partial charge in [-0.05, 0) is 46.5 Å². The summed E-state index contributed by atoms with van der Waals surface area (Å²) in [6.07, 6.45) is 1.23. The molecule has 19 heavy (non-hydrogen) atoms. The number of aryl methyl sites for hydroxylation is 1. The molecule has 2 unspecified atom stereocenters. The van der Waals surface area contributed by atoms with Gasteiger partial charge in [-0.1, -0.05) is 17.7 Å². The molecule has 0 saturated carbocycles. The van der Waals surface area contributed by atoms with Crippen molar-refractivity contribution in [3.05, 3.63) is 29.8 Å². The summed E-state index contributed by atoms with van der Waals surface area (Å²) in [7, 11) is 4.29. The number of hydrogen-bond acceptors (Lipinski definition) is 3. The summed E-state index contributed by atoms with van der Waals surface area (Å²) in [4.78, 5) is 5.05. The maximum atomic E-state index is 3.34. The lowest BCUT2D eigenvalue weighted by molar-refractivity contribution is 0.254. The highest BCUT2D eigenvalue weighted by molar-refractivity contribution is 5.49. The molecule has 1 aromatic carbocycles. The molecule has 0 amide bonds. The number of benzene rings is 1. The molecule has 2 rings (SSSR count). The van der Waals surface area contributed by atoms with Crippen LogP contribution in [-0.4, -0.2) is 50.7 Å². The number of nitrogens with zero attached hydrogens (tertiary/aromatic N) is 2. The van der Waals surface area contributed by atoms with Crippen LogP contribution in [0.25, 0.3) is 0 Å². The van der Waals surface area contributed by atoms with Crippen LogP contribution in [0.15, 0.2) is 24.3 Å². The average molecular weight is 261 g/mol. The minimum Gasteiger partial charge on any atom is -0.366 e. The van der Waals surface area contributed by atoms with Crippen molar-refractivity contribution < 1.29 is 0 Å². The Bertz CT molecular complexity index is 387. The molecule has 3 heteroatoms. The predicted molar refractivity (Wildman–Crippen MR) is 82.9 cm³/mol. The first-order valence-electron chi connectivity index (χ1n) is 7.30. The van der Waals surface area contributed by atoms with E-state index in [0.29, 0.717) is 12.1 Å². The number of rotatable bonds is 3. The molecule has 2 atom stereocenters. The van der Waals surface area contributed by atoms with Crippen LogP contribution < -0.4 is 10.2 Å². The summed E-state index contributed by atoms with van der Waals surface area (Å²) in [5.74, 6) is 0. The fourth-order valence-electron chi connectivity index (χ4n) is 2.83. The molecule has 0 aliphatic carbocycles. The Labute approximate surface area is 117 Å². The highest BCUT2D eigenvalue weighted by Gasteiger charge is 2.26. The zero-order chi connectivity index (χ0) is 13.8. The van der Waals surface area contributed by atoms with Crippen molar-refractivity contribution in [3.8, 4) is 0 Å². The lowest BCUT2D eigenvalue weighted by Gasteiger charge is -2.33.